The van der Waals surface area contributed by atoms with E-state index in [-0.39, 0.29) is 5.84 Å². The number of benzene rings is 1. The summed E-state index contributed by atoms with van der Waals surface area (Å²) >= 11 is 0. The zero-order valence-electron chi connectivity index (χ0n) is 12.8. The first-order chi connectivity index (χ1) is 9.47. The second-order valence-corrected chi connectivity index (χ2v) is 6.13. The summed E-state index contributed by atoms with van der Waals surface area (Å²) in [5.41, 5.74) is 8.93. The SMILES string of the molecule is Cc1ccc(C(=N)N)c(N2CCC(CN(C)C)CC2)c1. The van der Waals surface area contributed by atoms with Crippen LogP contribution < -0.4 is 10.6 Å². The van der Waals surface area contributed by atoms with E-state index in [2.05, 4.69) is 36.9 Å². The van der Waals surface area contributed by atoms with E-state index >= 15 is 0 Å². The molecule has 1 saturated heterocycles. The van der Waals surface area contributed by atoms with Crippen molar-refractivity contribution in [2.75, 3.05) is 38.6 Å². The molecule has 0 atom stereocenters. The molecule has 3 N–H and O–H groups in total. The standard InChI is InChI=1S/C16H26N4/c1-12-4-5-14(16(17)18)15(10-12)20-8-6-13(7-9-20)11-19(2)3/h4-5,10,13H,6-9,11H2,1-3H3,(H3,17,18). The zero-order valence-corrected chi connectivity index (χ0v) is 12.8. The Bertz CT molecular complexity index is 473. The van der Waals surface area contributed by atoms with E-state index < -0.39 is 0 Å². The third-order valence-electron chi connectivity index (χ3n) is 4.02. The van der Waals surface area contributed by atoms with Crippen molar-refractivity contribution >= 4 is 11.5 Å². The molecule has 0 amide bonds. The molecule has 110 valence electrons. The molecule has 0 saturated carbocycles. The lowest BCUT2D eigenvalue weighted by Crippen LogP contribution is -2.38. The molecule has 4 heteroatoms. The number of hydrogen-bond acceptors (Lipinski definition) is 3. The predicted molar refractivity (Wildman–Crippen MR) is 85.7 cm³/mol. The fraction of sp³-hybridized carbons (Fsp3) is 0.562. The number of aryl methyl sites for hydroxylation is 1. The van der Waals surface area contributed by atoms with Crippen LogP contribution in [0.2, 0.25) is 0 Å². The maximum Gasteiger partial charge on any atom is 0.124 e. The largest absolute Gasteiger partial charge is 0.384 e. The van der Waals surface area contributed by atoms with Gasteiger partial charge in [-0.2, -0.15) is 0 Å². The topological polar surface area (TPSA) is 56.4 Å². The predicted octanol–water partition coefficient (Wildman–Crippen LogP) is 2.06. The number of nitrogens with one attached hydrogen (secondary N) is 1. The average Bonchev–Trinajstić information content (AvgIpc) is 2.38. The minimum Gasteiger partial charge on any atom is -0.384 e. The highest BCUT2D eigenvalue weighted by Gasteiger charge is 2.22. The van der Waals surface area contributed by atoms with Crippen molar-refractivity contribution in [3.05, 3.63) is 29.3 Å². The summed E-state index contributed by atoms with van der Waals surface area (Å²) in [7, 11) is 4.28. The van der Waals surface area contributed by atoms with Crippen LogP contribution in [0.15, 0.2) is 18.2 Å². The maximum atomic E-state index is 7.74. The van der Waals surface area contributed by atoms with Gasteiger partial charge in [-0.3, -0.25) is 5.41 Å². The number of piperidine rings is 1. The molecule has 0 aromatic heterocycles. The minimum atomic E-state index is 0.162. The number of anilines is 1. The highest BCUT2D eigenvalue weighted by molar-refractivity contribution is 6.00. The van der Waals surface area contributed by atoms with Crippen molar-refractivity contribution in [2.45, 2.75) is 19.8 Å². The van der Waals surface area contributed by atoms with Crippen molar-refractivity contribution < 1.29 is 0 Å². The first-order valence-corrected chi connectivity index (χ1v) is 7.32. The normalized spacial score (nSPS) is 16.7. The molecule has 1 aromatic carbocycles. The van der Waals surface area contributed by atoms with Crippen LogP contribution in [0.4, 0.5) is 5.69 Å². The van der Waals surface area contributed by atoms with E-state index in [4.69, 9.17) is 11.1 Å². The van der Waals surface area contributed by atoms with Gasteiger partial charge in [-0.15, -0.1) is 0 Å². The molecule has 0 aliphatic carbocycles. The summed E-state index contributed by atoms with van der Waals surface area (Å²) in [6, 6.07) is 6.15. The minimum absolute atomic E-state index is 0.162. The Morgan fingerprint density at radius 1 is 1.35 bits per heavy atom. The average molecular weight is 274 g/mol. The van der Waals surface area contributed by atoms with Gasteiger partial charge in [0.2, 0.25) is 0 Å². The van der Waals surface area contributed by atoms with Crippen LogP contribution in [0.25, 0.3) is 0 Å². The number of amidine groups is 1. The van der Waals surface area contributed by atoms with Gasteiger partial charge in [-0.05, 0) is 57.5 Å². The first kappa shape index (κ1) is 14.9. The van der Waals surface area contributed by atoms with Gasteiger partial charge in [0.1, 0.15) is 5.84 Å². The van der Waals surface area contributed by atoms with Gasteiger partial charge in [-0.25, -0.2) is 0 Å². The molecule has 0 unspecified atom stereocenters. The summed E-state index contributed by atoms with van der Waals surface area (Å²) < 4.78 is 0. The Balaban J connectivity index is 2.10. The fourth-order valence-corrected chi connectivity index (χ4v) is 3.00. The van der Waals surface area contributed by atoms with Gasteiger partial charge in [0, 0.05) is 30.9 Å². The second kappa shape index (κ2) is 6.27. The molecule has 1 aliphatic heterocycles. The van der Waals surface area contributed by atoms with Gasteiger partial charge in [-0.1, -0.05) is 6.07 Å². The highest BCUT2D eigenvalue weighted by Crippen LogP contribution is 2.27. The molecule has 2 rings (SSSR count). The van der Waals surface area contributed by atoms with Crippen LogP contribution in [0, 0.1) is 18.3 Å². The van der Waals surface area contributed by atoms with Crippen LogP contribution in [-0.2, 0) is 0 Å². The van der Waals surface area contributed by atoms with Crippen molar-refractivity contribution in [2.24, 2.45) is 11.7 Å². The first-order valence-electron chi connectivity index (χ1n) is 7.32. The van der Waals surface area contributed by atoms with Crippen LogP contribution in [0.3, 0.4) is 0 Å². The molecule has 1 heterocycles. The molecule has 1 aliphatic rings. The van der Waals surface area contributed by atoms with Gasteiger partial charge >= 0.3 is 0 Å². The van der Waals surface area contributed by atoms with Gasteiger partial charge in [0.05, 0.1) is 0 Å². The lowest BCUT2D eigenvalue weighted by Gasteiger charge is -2.35. The number of nitrogens with zero attached hydrogens (tertiary/aromatic N) is 2. The van der Waals surface area contributed by atoms with E-state index in [1.54, 1.807) is 0 Å². The summed E-state index contributed by atoms with van der Waals surface area (Å²) in [5.74, 6) is 0.947. The third-order valence-corrected chi connectivity index (χ3v) is 4.02. The number of hydrogen-bond donors (Lipinski definition) is 2. The lowest BCUT2D eigenvalue weighted by molar-refractivity contribution is 0.285. The lowest BCUT2D eigenvalue weighted by atomic mass is 9.95. The smallest absolute Gasteiger partial charge is 0.124 e. The molecular formula is C16H26N4. The molecule has 0 radical (unpaired) electrons. The molecular weight excluding hydrogens is 248 g/mol. The molecule has 20 heavy (non-hydrogen) atoms. The Kier molecular flexibility index (Phi) is 4.65. The van der Waals surface area contributed by atoms with E-state index in [1.807, 2.05) is 12.1 Å². The summed E-state index contributed by atoms with van der Waals surface area (Å²) in [6.45, 7) is 5.37. The second-order valence-electron chi connectivity index (χ2n) is 6.13. The Labute approximate surface area is 122 Å². The molecule has 0 spiro atoms. The van der Waals surface area contributed by atoms with Gasteiger partial charge in [0.15, 0.2) is 0 Å². The van der Waals surface area contributed by atoms with Crippen LogP contribution in [0.5, 0.6) is 0 Å². The molecule has 0 bridgehead atoms. The van der Waals surface area contributed by atoms with E-state index in [9.17, 15) is 0 Å². The van der Waals surface area contributed by atoms with E-state index in [0.717, 1.165) is 30.3 Å². The van der Waals surface area contributed by atoms with Gasteiger partial charge in [0.25, 0.3) is 0 Å². The van der Waals surface area contributed by atoms with Crippen LogP contribution in [0.1, 0.15) is 24.0 Å². The number of nitrogens with two attached hydrogens (primary N) is 1. The van der Waals surface area contributed by atoms with Crippen LogP contribution in [-0.4, -0.2) is 44.5 Å². The van der Waals surface area contributed by atoms with Crippen molar-refractivity contribution in [1.82, 2.24) is 4.90 Å². The van der Waals surface area contributed by atoms with Crippen LogP contribution >= 0.6 is 0 Å². The summed E-state index contributed by atoms with van der Waals surface area (Å²) in [4.78, 5) is 4.66. The Morgan fingerprint density at radius 2 is 2.00 bits per heavy atom. The van der Waals surface area contributed by atoms with Crippen molar-refractivity contribution in [3.63, 3.8) is 0 Å². The van der Waals surface area contributed by atoms with E-state index in [1.165, 1.54) is 24.9 Å². The molecule has 1 aromatic rings. The maximum absolute atomic E-state index is 7.74. The molecule has 4 nitrogen and oxygen atoms in total. The third kappa shape index (κ3) is 3.51. The number of rotatable bonds is 4. The van der Waals surface area contributed by atoms with Crippen molar-refractivity contribution in [3.8, 4) is 0 Å². The number of nitrogen functional groups attached to an aromatic ring is 1. The van der Waals surface area contributed by atoms with Crippen molar-refractivity contribution in [1.29, 1.82) is 5.41 Å². The highest BCUT2D eigenvalue weighted by atomic mass is 15.1. The zero-order chi connectivity index (χ0) is 14.7. The molecule has 1 fully saturated rings. The Morgan fingerprint density at radius 3 is 2.55 bits per heavy atom. The van der Waals surface area contributed by atoms with Gasteiger partial charge < -0.3 is 15.5 Å². The fourth-order valence-electron chi connectivity index (χ4n) is 3.00. The monoisotopic (exact) mass is 274 g/mol. The summed E-state index contributed by atoms with van der Waals surface area (Å²) in [6.07, 6.45) is 2.42. The summed E-state index contributed by atoms with van der Waals surface area (Å²) in [5, 5.41) is 7.74. The van der Waals surface area contributed by atoms with E-state index in [0.29, 0.717) is 0 Å². The Hall–Kier alpha value is -1.55. The quantitative estimate of drug-likeness (QED) is 0.652.